The van der Waals surface area contributed by atoms with E-state index in [1.807, 2.05) is 17.1 Å². The fraction of sp³-hybridized carbons (Fsp3) is 0.333. The summed E-state index contributed by atoms with van der Waals surface area (Å²) in [6.45, 7) is 3.53. The van der Waals surface area contributed by atoms with Crippen LogP contribution in [0.3, 0.4) is 0 Å². The monoisotopic (exact) mass is 236 g/mol. The lowest BCUT2D eigenvalue weighted by molar-refractivity contribution is 1.41. The Balaban J connectivity index is 4.00. The van der Waals surface area contributed by atoms with Gasteiger partial charge >= 0.3 is 0 Å². The van der Waals surface area contributed by atoms with E-state index < -0.39 is 0 Å². The zero-order valence-corrected chi connectivity index (χ0v) is 7.64. The summed E-state index contributed by atoms with van der Waals surface area (Å²) in [5, 5.41) is 6.98. The van der Waals surface area contributed by atoms with E-state index in [4.69, 9.17) is 5.41 Å². The first-order valence-corrected chi connectivity index (χ1v) is 3.78. The van der Waals surface area contributed by atoms with Crippen LogP contribution in [0.5, 0.6) is 0 Å². The second-order valence-electron chi connectivity index (χ2n) is 1.63. The molecule has 0 saturated heterocycles. The first-order chi connectivity index (χ1) is 4.16. The van der Waals surface area contributed by atoms with Crippen LogP contribution in [0.25, 0.3) is 0 Å². The van der Waals surface area contributed by atoms with E-state index in [0.717, 1.165) is 5.71 Å². The van der Waals surface area contributed by atoms with Gasteiger partial charge in [0.15, 0.2) is 0 Å². The van der Waals surface area contributed by atoms with Gasteiger partial charge in [0.2, 0.25) is 0 Å². The fourth-order valence-corrected chi connectivity index (χ4v) is 0.913. The molecule has 9 heavy (non-hydrogen) atoms. The molecule has 0 aliphatic carbocycles. The Morgan fingerprint density at radius 3 is 2.44 bits per heavy atom. The highest BCUT2D eigenvalue weighted by Crippen LogP contribution is 1.87. The van der Waals surface area contributed by atoms with Gasteiger partial charge in [-0.1, -0.05) is 22.6 Å². The van der Waals surface area contributed by atoms with Gasteiger partial charge in [0.25, 0.3) is 0 Å². The van der Waals surface area contributed by atoms with Gasteiger partial charge < -0.3 is 0 Å². The van der Waals surface area contributed by atoms with Crippen molar-refractivity contribution in [1.29, 1.82) is 5.41 Å². The Kier molecular flexibility index (Phi) is 4.57. The van der Waals surface area contributed by atoms with Crippen molar-refractivity contribution >= 4 is 34.1 Å². The largest absolute Gasteiger partial charge is 0.287 e. The Hall–Kier alpha value is -0.190. The van der Waals surface area contributed by atoms with Gasteiger partial charge in [-0.15, -0.1) is 0 Å². The molecule has 0 rings (SSSR count). The molecule has 0 aliphatic heterocycles. The number of amidine groups is 1. The number of nitrogens with one attached hydrogen (secondary N) is 1. The maximum absolute atomic E-state index is 6.98. The number of rotatable bonds is 1. The van der Waals surface area contributed by atoms with Crippen molar-refractivity contribution in [1.82, 2.24) is 0 Å². The van der Waals surface area contributed by atoms with Crippen LogP contribution in [0, 0.1) is 5.41 Å². The molecule has 50 valence electrons. The van der Waals surface area contributed by atoms with E-state index in [0.29, 0.717) is 5.84 Å². The minimum absolute atomic E-state index is 0.349. The number of nitrogens with zero attached hydrogens (tertiary/aromatic N) is 1. The topological polar surface area (TPSA) is 36.2 Å². The normalized spacial score (nSPS) is 12.6. The molecule has 0 aromatic carbocycles. The van der Waals surface area contributed by atoms with Gasteiger partial charge in [-0.3, -0.25) is 5.41 Å². The molecule has 0 aromatic rings. The third kappa shape index (κ3) is 5.68. The van der Waals surface area contributed by atoms with E-state index in [2.05, 4.69) is 27.6 Å². The average molecular weight is 236 g/mol. The lowest BCUT2D eigenvalue weighted by atomic mass is 10.4. The summed E-state index contributed by atoms with van der Waals surface area (Å²) >= 11 is 2.12. The smallest absolute Gasteiger partial charge is 0.117 e. The van der Waals surface area contributed by atoms with Gasteiger partial charge in [0.1, 0.15) is 5.84 Å². The summed E-state index contributed by atoms with van der Waals surface area (Å²) < 4.78 is 1.87. The van der Waals surface area contributed by atoms with Crippen LogP contribution in [-0.4, -0.2) is 11.5 Å². The molecule has 0 spiro atoms. The van der Waals surface area contributed by atoms with Crippen LogP contribution >= 0.6 is 22.6 Å². The quantitative estimate of drug-likeness (QED) is 0.412. The SMILES string of the molecule is CC(=N)N=C(C)/C=C\I. The van der Waals surface area contributed by atoms with Crippen molar-refractivity contribution < 1.29 is 0 Å². The van der Waals surface area contributed by atoms with Crippen LogP contribution in [0.4, 0.5) is 0 Å². The van der Waals surface area contributed by atoms with Crippen LogP contribution in [-0.2, 0) is 0 Å². The maximum Gasteiger partial charge on any atom is 0.117 e. The molecule has 0 unspecified atom stereocenters. The molecule has 1 N–H and O–H groups in total. The first kappa shape index (κ1) is 8.81. The summed E-state index contributed by atoms with van der Waals surface area (Å²) in [4.78, 5) is 3.88. The lowest BCUT2D eigenvalue weighted by Gasteiger charge is -1.87. The van der Waals surface area contributed by atoms with Gasteiger partial charge in [0, 0.05) is 5.71 Å². The van der Waals surface area contributed by atoms with E-state index in [1.54, 1.807) is 6.92 Å². The Bertz CT molecular complexity index is 158. The second kappa shape index (κ2) is 4.67. The molecule has 2 nitrogen and oxygen atoms in total. The summed E-state index contributed by atoms with van der Waals surface area (Å²) in [6.07, 6.45) is 1.86. The van der Waals surface area contributed by atoms with Crippen LogP contribution in [0.1, 0.15) is 13.8 Å². The predicted octanol–water partition coefficient (Wildman–Crippen LogP) is 2.39. The number of hydrogen-bond acceptors (Lipinski definition) is 1. The second-order valence-corrected chi connectivity index (χ2v) is 2.35. The number of aliphatic imine (C=N–C) groups is 1. The Labute approximate surface area is 68.7 Å². The molecule has 0 fully saturated rings. The van der Waals surface area contributed by atoms with E-state index in [-0.39, 0.29) is 0 Å². The van der Waals surface area contributed by atoms with Gasteiger partial charge in [0.05, 0.1) is 0 Å². The molecular weight excluding hydrogens is 227 g/mol. The van der Waals surface area contributed by atoms with Crippen LogP contribution < -0.4 is 0 Å². The molecule has 0 aliphatic rings. The molecule has 0 aromatic heterocycles. The standard InChI is InChI=1S/C6H9IN2/c1-5(3-4-7)9-6(2)8/h3-4,8H,1-2H3/b4-3-,8-6?,9-5?. The number of halogens is 1. The molecule has 3 heteroatoms. The summed E-state index contributed by atoms with van der Waals surface area (Å²) in [7, 11) is 0. The minimum atomic E-state index is 0.349. The maximum atomic E-state index is 6.98. The summed E-state index contributed by atoms with van der Waals surface area (Å²) in [5.74, 6) is 0.349. The summed E-state index contributed by atoms with van der Waals surface area (Å²) in [6, 6.07) is 0. The number of allylic oxidation sites excluding steroid dienone is 1. The number of hydrogen-bond donors (Lipinski definition) is 1. The predicted molar refractivity (Wildman–Crippen MR) is 49.7 cm³/mol. The molecule has 0 radical (unpaired) electrons. The van der Waals surface area contributed by atoms with Crippen LogP contribution in [0.15, 0.2) is 15.2 Å². The third-order valence-electron chi connectivity index (χ3n) is 0.648. The molecule has 0 saturated carbocycles. The lowest BCUT2D eigenvalue weighted by Crippen LogP contribution is -1.89. The van der Waals surface area contributed by atoms with E-state index in [9.17, 15) is 0 Å². The van der Waals surface area contributed by atoms with Crippen molar-refractivity contribution in [3.63, 3.8) is 0 Å². The van der Waals surface area contributed by atoms with Gasteiger partial charge in [-0.05, 0) is 24.0 Å². The van der Waals surface area contributed by atoms with E-state index >= 15 is 0 Å². The van der Waals surface area contributed by atoms with Crippen molar-refractivity contribution in [3.05, 3.63) is 10.2 Å². The first-order valence-electron chi connectivity index (χ1n) is 2.54. The van der Waals surface area contributed by atoms with E-state index in [1.165, 1.54) is 0 Å². The minimum Gasteiger partial charge on any atom is -0.287 e. The summed E-state index contributed by atoms with van der Waals surface area (Å²) in [5.41, 5.74) is 0.872. The molecular formula is C6H9IN2. The highest BCUT2D eigenvalue weighted by Gasteiger charge is 1.81. The zero-order chi connectivity index (χ0) is 7.28. The van der Waals surface area contributed by atoms with Gasteiger partial charge in [-0.2, -0.15) is 0 Å². The third-order valence-corrected chi connectivity index (χ3v) is 1.01. The Morgan fingerprint density at radius 2 is 2.11 bits per heavy atom. The zero-order valence-electron chi connectivity index (χ0n) is 5.48. The van der Waals surface area contributed by atoms with Crippen molar-refractivity contribution in [2.75, 3.05) is 0 Å². The van der Waals surface area contributed by atoms with Crippen molar-refractivity contribution in [2.45, 2.75) is 13.8 Å². The fourth-order valence-electron chi connectivity index (χ4n) is 0.393. The molecule has 0 bridgehead atoms. The molecule has 0 heterocycles. The van der Waals surface area contributed by atoms with Gasteiger partial charge in [-0.25, -0.2) is 4.99 Å². The Morgan fingerprint density at radius 1 is 1.56 bits per heavy atom. The highest BCUT2D eigenvalue weighted by atomic mass is 127. The van der Waals surface area contributed by atoms with Crippen LogP contribution in [0.2, 0.25) is 0 Å². The highest BCUT2D eigenvalue weighted by molar-refractivity contribution is 14.1. The van der Waals surface area contributed by atoms with Crippen molar-refractivity contribution in [3.8, 4) is 0 Å². The average Bonchev–Trinajstić information content (AvgIpc) is 1.63. The van der Waals surface area contributed by atoms with Crippen molar-refractivity contribution in [2.24, 2.45) is 4.99 Å². The molecule has 0 amide bonds. The molecule has 0 atom stereocenters.